The minimum Gasteiger partial charge on any atom is -0.341 e. The predicted octanol–water partition coefficient (Wildman–Crippen LogP) is 1.16. The Balaban J connectivity index is 0.00000176. The lowest BCUT2D eigenvalue weighted by atomic mass is 10.1. The average molecular weight is 325 g/mol. The van der Waals surface area contributed by atoms with Gasteiger partial charge in [-0.2, -0.15) is 0 Å². The van der Waals surface area contributed by atoms with Crippen LogP contribution in [-0.2, 0) is 11.2 Å². The monoisotopic (exact) mass is 324 g/mol. The van der Waals surface area contributed by atoms with Gasteiger partial charge in [-0.1, -0.05) is 6.07 Å². The molecule has 7 heteroatoms. The summed E-state index contributed by atoms with van der Waals surface area (Å²) in [7, 11) is 0. The molecule has 120 valence electrons. The number of fused-ring (bicyclic) bond motifs is 1. The van der Waals surface area contributed by atoms with Crippen molar-refractivity contribution in [2.75, 3.05) is 13.1 Å². The molecule has 1 aromatic heterocycles. The fraction of sp³-hybridized carbons (Fsp3) is 0.467. The Labute approximate surface area is 134 Å². The van der Waals surface area contributed by atoms with Crippen LogP contribution in [-0.4, -0.2) is 39.9 Å². The van der Waals surface area contributed by atoms with Crippen LogP contribution in [0.1, 0.15) is 24.8 Å². The summed E-state index contributed by atoms with van der Waals surface area (Å²) in [6, 6.07) is 5.98. The zero-order valence-electron chi connectivity index (χ0n) is 12.3. The lowest BCUT2D eigenvalue weighted by Gasteiger charge is -2.15. The molecule has 1 aliphatic heterocycles. The predicted molar refractivity (Wildman–Crippen MR) is 88.3 cm³/mol. The van der Waals surface area contributed by atoms with E-state index in [1.165, 1.54) is 0 Å². The third kappa shape index (κ3) is 3.69. The number of aromatic nitrogens is 2. The van der Waals surface area contributed by atoms with Crippen molar-refractivity contribution in [1.82, 2.24) is 14.9 Å². The third-order valence-electron chi connectivity index (χ3n) is 4.01. The van der Waals surface area contributed by atoms with Crippen LogP contribution in [0.2, 0.25) is 0 Å². The molecule has 0 radical (unpaired) electrons. The number of carbonyl (C=O) groups is 1. The van der Waals surface area contributed by atoms with Gasteiger partial charge < -0.3 is 20.6 Å². The molecule has 1 aliphatic rings. The molecule has 1 saturated heterocycles. The molecule has 0 aliphatic carbocycles. The molecule has 1 atom stereocenters. The quantitative estimate of drug-likeness (QED) is 0.787. The van der Waals surface area contributed by atoms with E-state index < -0.39 is 0 Å². The van der Waals surface area contributed by atoms with E-state index in [1.807, 2.05) is 23.1 Å². The van der Waals surface area contributed by atoms with Crippen molar-refractivity contribution in [2.24, 2.45) is 5.73 Å². The molecular formula is C15H21ClN4O2. The Kier molecular flexibility index (Phi) is 5.26. The molecule has 22 heavy (non-hydrogen) atoms. The van der Waals surface area contributed by atoms with E-state index in [4.69, 9.17) is 5.73 Å². The number of H-pyrrole nitrogens is 2. The van der Waals surface area contributed by atoms with Gasteiger partial charge in [0.15, 0.2) is 0 Å². The first-order valence-corrected chi connectivity index (χ1v) is 7.36. The van der Waals surface area contributed by atoms with E-state index in [0.29, 0.717) is 13.0 Å². The van der Waals surface area contributed by atoms with Crippen LogP contribution in [0.25, 0.3) is 11.0 Å². The van der Waals surface area contributed by atoms with Gasteiger partial charge in [0.25, 0.3) is 0 Å². The number of likely N-dealkylation sites (tertiary alicyclic amines) is 1. The summed E-state index contributed by atoms with van der Waals surface area (Å²) in [4.78, 5) is 30.5. The smallest absolute Gasteiger partial charge is 0.323 e. The number of aromatic amines is 2. The van der Waals surface area contributed by atoms with Gasteiger partial charge in [-0.15, -0.1) is 12.4 Å². The first kappa shape index (κ1) is 16.6. The van der Waals surface area contributed by atoms with E-state index in [2.05, 4.69) is 9.97 Å². The largest absolute Gasteiger partial charge is 0.341 e. The molecule has 4 N–H and O–H groups in total. The Hall–Kier alpha value is -1.79. The van der Waals surface area contributed by atoms with Gasteiger partial charge >= 0.3 is 5.69 Å². The average Bonchev–Trinajstić information content (AvgIpc) is 3.03. The summed E-state index contributed by atoms with van der Waals surface area (Å²) in [5, 5.41) is 0. The minimum atomic E-state index is -0.192. The van der Waals surface area contributed by atoms with Gasteiger partial charge in [0.05, 0.1) is 11.0 Å². The van der Waals surface area contributed by atoms with Crippen molar-refractivity contribution >= 4 is 29.3 Å². The van der Waals surface area contributed by atoms with Gasteiger partial charge in [0.2, 0.25) is 5.91 Å². The molecule has 0 unspecified atom stereocenters. The van der Waals surface area contributed by atoms with Crippen LogP contribution in [0, 0.1) is 0 Å². The van der Waals surface area contributed by atoms with Gasteiger partial charge in [0, 0.05) is 25.6 Å². The normalized spacial score (nSPS) is 17.7. The third-order valence-corrected chi connectivity index (χ3v) is 4.01. The van der Waals surface area contributed by atoms with E-state index in [9.17, 15) is 9.59 Å². The maximum atomic E-state index is 12.0. The number of hydrogen-bond donors (Lipinski definition) is 3. The molecule has 0 bridgehead atoms. The van der Waals surface area contributed by atoms with E-state index >= 15 is 0 Å². The van der Waals surface area contributed by atoms with Gasteiger partial charge in [-0.05, 0) is 37.0 Å². The van der Waals surface area contributed by atoms with Crippen molar-refractivity contribution in [3.8, 4) is 0 Å². The zero-order valence-corrected chi connectivity index (χ0v) is 13.1. The summed E-state index contributed by atoms with van der Waals surface area (Å²) in [5.41, 5.74) is 8.37. The molecule has 1 fully saturated rings. The number of benzene rings is 1. The number of nitrogens with one attached hydrogen (secondary N) is 2. The Morgan fingerprint density at radius 2 is 2.09 bits per heavy atom. The van der Waals surface area contributed by atoms with Crippen molar-refractivity contribution in [3.63, 3.8) is 0 Å². The highest BCUT2D eigenvalue weighted by Crippen LogP contribution is 2.14. The number of aryl methyl sites for hydroxylation is 1. The van der Waals surface area contributed by atoms with Crippen LogP contribution < -0.4 is 11.4 Å². The highest BCUT2D eigenvalue weighted by molar-refractivity contribution is 5.85. The van der Waals surface area contributed by atoms with Gasteiger partial charge in [-0.25, -0.2) is 4.79 Å². The molecular weight excluding hydrogens is 304 g/mol. The van der Waals surface area contributed by atoms with Gasteiger partial charge in [-0.3, -0.25) is 4.79 Å². The van der Waals surface area contributed by atoms with Crippen LogP contribution in [0.5, 0.6) is 0 Å². The van der Waals surface area contributed by atoms with Crippen molar-refractivity contribution in [1.29, 1.82) is 0 Å². The number of imidazole rings is 1. The fourth-order valence-corrected chi connectivity index (χ4v) is 2.85. The number of carbonyl (C=O) groups excluding carboxylic acids is 1. The maximum Gasteiger partial charge on any atom is 0.323 e. The van der Waals surface area contributed by atoms with Crippen LogP contribution in [0.4, 0.5) is 0 Å². The van der Waals surface area contributed by atoms with E-state index in [1.54, 1.807) is 0 Å². The molecule has 0 spiro atoms. The second-order valence-electron chi connectivity index (χ2n) is 5.70. The SMILES string of the molecule is Cl.N[C@@H]1CCN(C(=O)CCCc2ccc3[nH]c(=O)[nH]c3c2)C1. The molecule has 3 rings (SSSR count). The van der Waals surface area contributed by atoms with E-state index in [-0.39, 0.29) is 30.0 Å². The summed E-state index contributed by atoms with van der Waals surface area (Å²) >= 11 is 0. The van der Waals surface area contributed by atoms with Crippen molar-refractivity contribution in [3.05, 3.63) is 34.2 Å². The number of halogens is 1. The number of amides is 1. The summed E-state index contributed by atoms with van der Waals surface area (Å²) in [5.74, 6) is 0.194. The second kappa shape index (κ2) is 6.98. The lowest BCUT2D eigenvalue weighted by Crippen LogP contribution is -2.31. The Morgan fingerprint density at radius 3 is 2.82 bits per heavy atom. The van der Waals surface area contributed by atoms with Crippen molar-refractivity contribution in [2.45, 2.75) is 31.7 Å². The topological polar surface area (TPSA) is 95.0 Å². The number of nitrogens with two attached hydrogens (primary N) is 1. The highest BCUT2D eigenvalue weighted by atomic mass is 35.5. The number of rotatable bonds is 4. The van der Waals surface area contributed by atoms with E-state index in [0.717, 1.165) is 42.4 Å². The molecule has 0 saturated carbocycles. The highest BCUT2D eigenvalue weighted by Gasteiger charge is 2.22. The number of hydrogen-bond acceptors (Lipinski definition) is 3. The molecule has 6 nitrogen and oxygen atoms in total. The van der Waals surface area contributed by atoms with Crippen molar-refractivity contribution < 1.29 is 4.79 Å². The Bertz CT molecular complexity index is 709. The maximum absolute atomic E-state index is 12.0. The van der Waals surface area contributed by atoms with Crippen LogP contribution >= 0.6 is 12.4 Å². The summed E-state index contributed by atoms with van der Waals surface area (Å²) in [6.07, 6.45) is 3.09. The van der Waals surface area contributed by atoms with Gasteiger partial charge in [0.1, 0.15) is 0 Å². The number of nitrogens with zero attached hydrogens (tertiary/aromatic N) is 1. The standard InChI is InChI=1S/C15H20N4O2.ClH/c16-11-6-7-19(9-11)14(20)3-1-2-10-4-5-12-13(8-10)18-15(21)17-12;/h4-5,8,11H,1-3,6-7,9,16H2,(H2,17,18,21);1H/t11-;/m1./s1. The van der Waals surface area contributed by atoms with Crippen LogP contribution in [0.15, 0.2) is 23.0 Å². The second-order valence-corrected chi connectivity index (χ2v) is 5.70. The zero-order chi connectivity index (χ0) is 14.8. The summed E-state index contributed by atoms with van der Waals surface area (Å²) < 4.78 is 0. The fourth-order valence-electron chi connectivity index (χ4n) is 2.85. The first-order valence-electron chi connectivity index (χ1n) is 7.36. The summed E-state index contributed by atoms with van der Waals surface area (Å²) in [6.45, 7) is 1.48. The van der Waals surface area contributed by atoms with Crippen LogP contribution in [0.3, 0.4) is 0 Å². The Morgan fingerprint density at radius 1 is 1.32 bits per heavy atom. The molecule has 1 aromatic carbocycles. The molecule has 1 amide bonds. The minimum absolute atomic E-state index is 0. The molecule has 2 heterocycles. The molecule has 2 aromatic rings. The lowest BCUT2D eigenvalue weighted by molar-refractivity contribution is -0.130. The first-order chi connectivity index (χ1) is 10.1.